The normalized spacial score (nSPS) is 12.0. The summed E-state index contributed by atoms with van der Waals surface area (Å²) in [6.07, 6.45) is 0. The summed E-state index contributed by atoms with van der Waals surface area (Å²) in [5.74, 6) is -0.520. The van der Waals surface area contributed by atoms with E-state index in [0.29, 0.717) is 12.1 Å². The first-order chi connectivity index (χ1) is 12.7. The molecule has 1 aromatic heterocycles. The molecule has 3 aromatic rings. The lowest BCUT2D eigenvalue weighted by molar-refractivity contribution is 0.423. The standard InChI is InChI=1S/C19H23N3O4S/c1-5-22(13-14-6-8-15(9-7-14)20(2)3)27(24,25)16-10-11-17-18(12-16)26-19(23)21(17)4/h6-12H,5,13H2,1-4H3. The molecule has 144 valence electrons. The molecule has 2 aromatic carbocycles. The van der Waals surface area contributed by atoms with Gasteiger partial charge in [-0.25, -0.2) is 13.2 Å². The SMILES string of the molecule is CCN(Cc1ccc(N(C)C)cc1)S(=O)(=O)c1ccc2c(c1)oc(=O)n2C. The van der Waals surface area contributed by atoms with Crippen LogP contribution in [0.15, 0.2) is 56.6 Å². The van der Waals surface area contributed by atoms with Gasteiger partial charge in [-0.1, -0.05) is 19.1 Å². The highest BCUT2D eigenvalue weighted by Gasteiger charge is 2.24. The predicted octanol–water partition coefficient (Wildman–Crippen LogP) is 2.41. The Balaban J connectivity index is 1.92. The molecule has 0 spiro atoms. The third-order valence-corrected chi connectivity index (χ3v) is 6.48. The number of aromatic nitrogens is 1. The Bertz CT molecular complexity index is 1110. The molecule has 0 atom stereocenters. The minimum atomic E-state index is -3.72. The lowest BCUT2D eigenvalue weighted by atomic mass is 10.2. The number of rotatable bonds is 6. The zero-order chi connectivity index (χ0) is 19.8. The highest BCUT2D eigenvalue weighted by Crippen LogP contribution is 2.23. The highest BCUT2D eigenvalue weighted by molar-refractivity contribution is 7.89. The van der Waals surface area contributed by atoms with Crippen LogP contribution in [0.5, 0.6) is 0 Å². The molecule has 0 N–H and O–H groups in total. The van der Waals surface area contributed by atoms with Crippen LogP contribution in [0.25, 0.3) is 11.1 Å². The van der Waals surface area contributed by atoms with Crippen molar-refractivity contribution >= 4 is 26.8 Å². The molecule has 0 aliphatic heterocycles. The summed E-state index contributed by atoms with van der Waals surface area (Å²) in [6, 6.07) is 12.3. The third-order valence-electron chi connectivity index (χ3n) is 4.57. The van der Waals surface area contributed by atoms with Crippen molar-refractivity contribution in [3.63, 3.8) is 0 Å². The Kier molecular flexibility index (Phi) is 5.12. The molecule has 1 heterocycles. The van der Waals surface area contributed by atoms with Crippen LogP contribution in [0.2, 0.25) is 0 Å². The van der Waals surface area contributed by atoms with Gasteiger partial charge in [0.2, 0.25) is 10.0 Å². The Morgan fingerprint density at radius 1 is 1.07 bits per heavy atom. The fraction of sp³-hybridized carbons (Fsp3) is 0.316. The lowest BCUT2D eigenvalue weighted by Gasteiger charge is -2.21. The number of sulfonamides is 1. The van der Waals surface area contributed by atoms with Crippen LogP contribution in [0.4, 0.5) is 5.69 Å². The monoisotopic (exact) mass is 389 g/mol. The van der Waals surface area contributed by atoms with E-state index in [0.717, 1.165) is 11.3 Å². The largest absolute Gasteiger partial charge is 0.419 e. The van der Waals surface area contributed by atoms with Crippen molar-refractivity contribution in [1.82, 2.24) is 8.87 Å². The van der Waals surface area contributed by atoms with E-state index >= 15 is 0 Å². The molecule has 0 radical (unpaired) electrons. The van der Waals surface area contributed by atoms with Crippen LogP contribution >= 0.6 is 0 Å². The molecule has 8 heteroatoms. The number of benzene rings is 2. The zero-order valence-corrected chi connectivity index (χ0v) is 16.7. The van der Waals surface area contributed by atoms with E-state index in [-0.39, 0.29) is 17.0 Å². The average Bonchev–Trinajstić information content (AvgIpc) is 2.93. The summed E-state index contributed by atoms with van der Waals surface area (Å²) in [5.41, 5.74) is 2.77. The van der Waals surface area contributed by atoms with Gasteiger partial charge in [0.1, 0.15) is 0 Å². The molecule has 0 saturated carbocycles. The van der Waals surface area contributed by atoms with Crippen molar-refractivity contribution in [3.05, 3.63) is 58.6 Å². The number of hydrogen-bond acceptors (Lipinski definition) is 5. The van der Waals surface area contributed by atoms with Crippen LogP contribution in [0.3, 0.4) is 0 Å². The minimum Gasteiger partial charge on any atom is -0.408 e. The number of aryl methyl sites for hydroxylation is 1. The Morgan fingerprint density at radius 2 is 1.74 bits per heavy atom. The minimum absolute atomic E-state index is 0.108. The number of hydrogen-bond donors (Lipinski definition) is 0. The smallest absolute Gasteiger partial charge is 0.408 e. The molecule has 0 aliphatic carbocycles. The number of fused-ring (bicyclic) bond motifs is 1. The second kappa shape index (κ2) is 7.21. The Hall–Kier alpha value is -2.58. The van der Waals surface area contributed by atoms with Gasteiger partial charge in [-0.2, -0.15) is 4.31 Å². The van der Waals surface area contributed by atoms with Gasteiger partial charge in [-0.15, -0.1) is 0 Å². The number of oxazole rings is 1. The van der Waals surface area contributed by atoms with Crippen LogP contribution in [0.1, 0.15) is 12.5 Å². The molecular weight excluding hydrogens is 366 g/mol. The van der Waals surface area contributed by atoms with Crippen LogP contribution < -0.4 is 10.7 Å². The summed E-state index contributed by atoms with van der Waals surface area (Å²) in [6.45, 7) is 2.39. The second-order valence-corrected chi connectivity index (χ2v) is 8.49. The molecule has 3 rings (SSSR count). The van der Waals surface area contributed by atoms with Crippen molar-refractivity contribution in [3.8, 4) is 0 Å². The number of anilines is 1. The molecule has 0 fully saturated rings. The second-order valence-electron chi connectivity index (χ2n) is 6.55. The molecule has 0 unspecified atom stereocenters. The summed E-state index contributed by atoms with van der Waals surface area (Å²) in [7, 11) is 1.77. The van der Waals surface area contributed by atoms with E-state index in [2.05, 4.69) is 0 Å². The number of nitrogens with zero attached hydrogens (tertiary/aromatic N) is 3. The molecule has 0 bridgehead atoms. The molecule has 0 saturated heterocycles. The van der Waals surface area contributed by atoms with E-state index in [9.17, 15) is 13.2 Å². The van der Waals surface area contributed by atoms with Crippen molar-refractivity contribution < 1.29 is 12.8 Å². The van der Waals surface area contributed by atoms with Gasteiger partial charge in [0.05, 0.1) is 10.4 Å². The average molecular weight is 389 g/mol. The Morgan fingerprint density at radius 3 is 2.33 bits per heavy atom. The molecule has 0 amide bonds. The topological polar surface area (TPSA) is 75.8 Å². The van der Waals surface area contributed by atoms with E-state index < -0.39 is 15.8 Å². The fourth-order valence-electron chi connectivity index (χ4n) is 2.89. The summed E-state index contributed by atoms with van der Waals surface area (Å²) in [4.78, 5) is 13.7. The van der Waals surface area contributed by atoms with E-state index in [1.165, 1.54) is 21.0 Å². The maximum atomic E-state index is 13.1. The summed E-state index contributed by atoms with van der Waals surface area (Å²) < 4.78 is 34.0. The first kappa shape index (κ1) is 19.2. The molecule has 0 aliphatic rings. The van der Waals surface area contributed by atoms with Gasteiger partial charge < -0.3 is 9.32 Å². The van der Waals surface area contributed by atoms with Crippen LogP contribution in [-0.4, -0.2) is 37.9 Å². The van der Waals surface area contributed by atoms with Gasteiger partial charge in [0.25, 0.3) is 0 Å². The zero-order valence-electron chi connectivity index (χ0n) is 15.8. The maximum absolute atomic E-state index is 13.1. The predicted molar refractivity (Wildman–Crippen MR) is 105 cm³/mol. The van der Waals surface area contributed by atoms with Gasteiger partial charge in [0, 0.05) is 46.0 Å². The third kappa shape index (κ3) is 3.63. The summed E-state index contributed by atoms with van der Waals surface area (Å²) >= 11 is 0. The lowest BCUT2D eigenvalue weighted by Crippen LogP contribution is -2.30. The van der Waals surface area contributed by atoms with Crippen molar-refractivity contribution in [1.29, 1.82) is 0 Å². The molecular formula is C19H23N3O4S. The first-order valence-corrected chi connectivity index (χ1v) is 10.0. The van der Waals surface area contributed by atoms with E-state index in [1.807, 2.05) is 43.3 Å². The maximum Gasteiger partial charge on any atom is 0.419 e. The quantitative estimate of drug-likeness (QED) is 0.647. The summed E-state index contributed by atoms with van der Waals surface area (Å²) in [5, 5.41) is 0. The highest BCUT2D eigenvalue weighted by atomic mass is 32.2. The van der Waals surface area contributed by atoms with E-state index in [1.54, 1.807) is 20.0 Å². The van der Waals surface area contributed by atoms with Gasteiger partial charge >= 0.3 is 5.76 Å². The fourth-order valence-corrected chi connectivity index (χ4v) is 4.35. The molecule has 27 heavy (non-hydrogen) atoms. The Labute approximate surface area is 158 Å². The van der Waals surface area contributed by atoms with Crippen molar-refractivity contribution in [2.24, 2.45) is 7.05 Å². The van der Waals surface area contributed by atoms with Crippen molar-refractivity contribution in [2.75, 3.05) is 25.5 Å². The molecule has 7 nitrogen and oxygen atoms in total. The van der Waals surface area contributed by atoms with Crippen LogP contribution in [0, 0.1) is 0 Å². The van der Waals surface area contributed by atoms with Crippen molar-refractivity contribution in [2.45, 2.75) is 18.4 Å². The first-order valence-electron chi connectivity index (χ1n) is 8.60. The van der Waals surface area contributed by atoms with Crippen LogP contribution in [-0.2, 0) is 23.6 Å². The van der Waals surface area contributed by atoms with Gasteiger partial charge in [0.15, 0.2) is 5.58 Å². The van der Waals surface area contributed by atoms with E-state index in [4.69, 9.17) is 4.42 Å². The van der Waals surface area contributed by atoms with Gasteiger partial charge in [-0.05, 0) is 29.8 Å². The van der Waals surface area contributed by atoms with Gasteiger partial charge in [-0.3, -0.25) is 4.57 Å².